The lowest BCUT2D eigenvalue weighted by Crippen LogP contribution is -2.27. The molecule has 5 nitrogen and oxygen atoms in total. The molecule has 0 radical (unpaired) electrons. The van der Waals surface area contributed by atoms with Gasteiger partial charge in [-0.2, -0.15) is 0 Å². The number of amides is 2. The van der Waals surface area contributed by atoms with Gasteiger partial charge in [-0.05, 0) is 63.4 Å². The number of anilines is 1. The Morgan fingerprint density at radius 1 is 1.22 bits per heavy atom. The lowest BCUT2D eigenvalue weighted by atomic mass is 10.0. The molecule has 3 N–H and O–H groups in total. The lowest BCUT2D eigenvalue weighted by molar-refractivity contribution is -0.116. The van der Waals surface area contributed by atoms with Crippen molar-refractivity contribution in [2.75, 3.05) is 18.4 Å². The van der Waals surface area contributed by atoms with Crippen LogP contribution in [0.2, 0.25) is 0 Å². The topological polar surface area (TPSA) is 75.4 Å². The highest BCUT2D eigenvalue weighted by molar-refractivity contribution is 7.14. The van der Waals surface area contributed by atoms with Gasteiger partial charge in [0.05, 0.1) is 4.88 Å². The first-order valence-electron chi connectivity index (χ1n) is 9.36. The van der Waals surface area contributed by atoms with Crippen molar-refractivity contribution in [2.45, 2.75) is 46.1 Å². The zero-order valence-electron chi connectivity index (χ0n) is 16.2. The van der Waals surface area contributed by atoms with Gasteiger partial charge in [0.15, 0.2) is 0 Å². The molecule has 2 aromatic rings. The molecule has 1 saturated heterocycles. The number of hydrogen-bond donors (Lipinski definition) is 2. The van der Waals surface area contributed by atoms with Gasteiger partial charge >= 0.3 is 0 Å². The number of primary amides is 1. The minimum absolute atomic E-state index is 0.0414. The smallest absolute Gasteiger partial charge is 0.258 e. The fourth-order valence-electron chi connectivity index (χ4n) is 3.90. The van der Waals surface area contributed by atoms with Crippen LogP contribution in [0.25, 0.3) is 0 Å². The molecule has 3 rings (SSSR count). The van der Waals surface area contributed by atoms with E-state index in [1.54, 1.807) is 6.07 Å². The summed E-state index contributed by atoms with van der Waals surface area (Å²) >= 11 is 1.47. The molecule has 0 saturated carbocycles. The van der Waals surface area contributed by atoms with Crippen LogP contribution >= 0.6 is 11.3 Å². The van der Waals surface area contributed by atoms with Crippen LogP contribution in [0, 0.1) is 20.8 Å². The third-order valence-electron chi connectivity index (χ3n) is 5.13. The number of nitrogens with zero attached hydrogens (tertiary/aromatic N) is 1. The van der Waals surface area contributed by atoms with Crippen LogP contribution in [0.1, 0.15) is 56.5 Å². The highest BCUT2D eigenvalue weighted by Gasteiger charge is 2.27. The van der Waals surface area contributed by atoms with E-state index in [-0.39, 0.29) is 17.9 Å². The van der Waals surface area contributed by atoms with E-state index in [1.165, 1.54) is 16.9 Å². The van der Waals surface area contributed by atoms with E-state index >= 15 is 0 Å². The summed E-state index contributed by atoms with van der Waals surface area (Å²) < 4.78 is 0. The van der Waals surface area contributed by atoms with Gasteiger partial charge in [-0.3, -0.25) is 14.5 Å². The Labute approximate surface area is 164 Å². The van der Waals surface area contributed by atoms with Crippen molar-refractivity contribution < 1.29 is 9.59 Å². The van der Waals surface area contributed by atoms with Gasteiger partial charge in [-0.1, -0.05) is 17.7 Å². The number of carbonyl (C=O) groups excluding carboxylic acids is 2. The van der Waals surface area contributed by atoms with Crippen LogP contribution in [-0.2, 0) is 4.79 Å². The number of benzene rings is 1. The van der Waals surface area contributed by atoms with E-state index in [0.717, 1.165) is 41.1 Å². The Hall–Kier alpha value is -2.18. The van der Waals surface area contributed by atoms with Gasteiger partial charge in [0, 0.05) is 29.6 Å². The normalized spacial score (nSPS) is 17.2. The van der Waals surface area contributed by atoms with E-state index in [2.05, 4.69) is 29.3 Å². The van der Waals surface area contributed by atoms with Crippen LogP contribution in [0.3, 0.4) is 0 Å². The molecule has 0 aliphatic carbocycles. The Bertz CT molecular complexity index is 836. The number of likely N-dealkylation sites (tertiary alicyclic amines) is 1. The monoisotopic (exact) mass is 385 g/mol. The zero-order chi connectivity index (χ0) is 19.6. The molecule has 0 bridgehead atoms. The minimum atomic E-state index is -0.376. The number of carbonyl (C=O) groups is 2. The van der Waals surface area contributed by atoms with Gasteiger partial charge in [-0.25, -0.2) is 0 Å². The highest BCUT2D eigenvalue weighted by atomic mass is 32.1. The van der Waals surface area contributed by atoms with Gasteiger partial charge in [-0.15, -0.1) is 11.3 Å². The average Bonchev–Trinajstić information content (AvgIpc) is 3.24. The van der Waals surface area contributed by atoms with Gasteiger partial charge in [0.2, 0.25) is 5.91 Å². The summed E-state index contributed by atoms with van der Waals surface area (Å²) in [6.45, 7) is 7.81. The molecule has 2 amide bonds. The van der Waals surface area contributed by atoms with Crippen molar-refractivity contribution in [3.05, 3.63) is 50.7 Å². The fraction of sp³-hybridized carbons (Fsp3) is 0.429. The number of rotatable bonds is 6. The molecule has 1 aliphatic rings. The summed E-state index contributed by atoms with van der Waals surface area (Å²) in [5, 5.41) is 3.08. The summed E-state index contributed by atoms with van der Waals surface area (Å²) in [7, 11) is 0. The summed E-state index contributed by atoms with van der Waals surface area (Å²) in [4.78, 5) is 27.9. The molecular weight excluding hydrogens is 358 g/mol. The van der Waals surface area contributed by atoms with Crippen molar-refractivity contribution >= 4 is 28.8 Å². The van der Waals surface area contributed by atoms with Gasteiger partial charge < -0.3 is 11.1 Å². The fourth-order valence-corrected chi connectivity index (χ4v) is 4.93. The molecule has 1 aromatic carbocycles. The van der Waals surface area contributed by atoms with Gasteiger partial charge in [0.1, 0.15) is 0 Å². The number of nitrogens with two attached hydrogens (primary N) is 1. The van der Waals surface area contributed by atoms with E-state index in [1.807, 2.05) is 19.9 Å². The summed E-state index contributed by atoms with van der Waals surface area (Å²) in [6.07, 6.45) is 2.61. The van der Waals surface area contributed by atoms with Crippen molar-refractivity contribution in [3.8, 4) is 0 Å². The number of thiophene rings is 1. The molecule has 1 aromatic heterocycles. The Kier molecular flexibility index (Phi) is 5.97. The first kappa shape index (κ1) is 19.6. The first-order chi connectivity index (χ1) is 12.8. The second-order valence-electron chi connectivity index (χ2n) is 7.33. The van der Waals surface area contributed by atoms with E-state index in [0.29, 0.717) is 17.8 Å². The molecule has 144 valence electrons. The van der Waals surface area contributed by atoms with E-state index in [9.17, 15) is 9.59 Å². The molecule has 1 atom stereocenters. The van der Waals surface area contributed by atoms with Crippen molar-refractivity contribution in [2.24, 2.45) is 5.73 Å². The van der Waals surface area contributed by atoms with Crippen molar-refractivity contribution in [1.29, 1.82) is 0 Å². The molecule has 27 heavy (non-hydrogen) atoms. The first-order valence-corrected chi connectivity index (χ1v) is 10.2. The average molecular weight is 386 g/mol. The Balaban J connectivity index is 1.60. The zero-order valence-corrected chi connectivity index (χ0v) is 17.0. The summed E-state index contributed by atoms with van der Waals surface area (Å²) in [5.41, 5.74) is 9.69. The standard InChI is InChI=1S/C21H27N3O2S/c1-13-11-14(2)20(15(3)12-13)23-19(25)8-10-24-9-4-5-16(24)17-6-7-18(27-17)21(22)26/h6-7,11-12,16H,4-5,8-10H2,1-3H3,(H2,22,26)(H,23,25). The van der Waals surface area contributed by atoms with Crippen LogP contribution in [0.5, 0.6) is 0 Å². The number of aryl methyl sites for hydroxylation is 3. The molecule has 6 heteroatoms. The molecule has 0 spiro atoms. The summed E-state index contributed by atoms with van der Waals surface area (Å²) in [6, 6.07) is 8.25. The lowest BCUT2D eigenvalue weighted by Gasteiger charge is -2.23. The molecular formula is C21H27N3O2S. The predicted molar refractivity (Wildman–Crippen MR) is 110 cm³/mol. The molecule has 1 fully saturated rings. The highest BCUT2D eigenvalue weighted by Crippen LogP contribution is 2.35. The maximum Gasteiger partial charge on any atom is 0.258 e. The molecule has 1 unspecified atom stereocenters. The van der Waals surface area contributed by atoms with Crippen LogP contribution in [0.4, 0.5) is 5.69 Å². The quantitative estimate of drug-likeness (QED) is 0.791. The summed E-state index contributed by atoms with van der Waals surface area (Å²) in [5.74, 6) is -0.335. The number of hydrogen-bond acceptors (Lipinski definition) is 4. The SMILES string of the molecule is Cc1cc(C)c(NC(=O)CCN2CCCC2c2ccc(C(N)=O)s2)c(C)c1. The van der Waals surface area contributed by atoms with E-state index < -0.39 is 0 Å². The third-order valence-corrected chi connectivity index (χ3v) is 6.33. The molecule has 1 aliphatic heterocycles. The van der Waals surface area contributed by atoms with Crippen LogP contribution < -0.4 is 11.1 Å². The Morgan fingerprint density at radius 2 is 1.93 bits per heavy atom. The maximum absolute atomic E-state index is 12.5. The van der Waals surface area contributed by atoms with Crippen molar-refractivity contribution in [3.63, 3.8) is 0 Å². The third kappa shape index (κ3) is 4.57. The Morgan fingerprint density at radius 3 is 2.56 bits per heavy atom. The maximum atomic E-state index is 12.5. The minimum Gasteiger partial charge on any atom is -0.365 e. The second kappa shape index (κ2) is 8.23. The second-order valence-corrected chi connectivity index (χ2v) is 8.45. The largest absolute Gasteiger partial charge is 0.365 e. The van der Waals surface area contributed by atoms with E-state index in [4.69, 9.17) is 5.73 Å². The van der Waals surface area contributed by atoms with Crippen LogP contribution in [-0.4, -0.2) is 29.8 Å². The predicted octanol–water partition coefficient (Wildman–Crippen LogP) is 3.94. The van der Waals surface area contributed by atoms with Crippen LogP contribution in [0.15, 0.2) is 24.3 Å². The van der Waals surface area contributed by atoms with Crippen molar-refractivity contribution in [1.82, 2.24) is 4.90 Å². The molecule has 2 heterocycles. The van der Waals surface area contributed by atoms with Gasteiger partial charge in [0.25, 0.3) is 5.91 Å². The number of nitrogens with one attached hydrogen (secondary N) is 1.